The molecule has 1 saturated heterocycles. The molecule has 3 heterocycles. The van der Waals surface area contributed by atoms with Crippen LogP contribution in [0.5, 0.6) is 5.75 Å². The van der Waals surface area contributed by atoms with Crippen LogP contribution in [0.3, 0.4) is 0 Å². The standard InChI is InChI=1S/C26H34N4O4/c1-4-28(5-2)20-9-10-21-19(3)22(25(31)34-23(21)18-20)11-17-33-26(32)30-15-13-29(14-16-30)24-8-6-7-12-27-24/h6-10,12,18-19,22H,4-5,11,13-17H2,1-3H3. The van der Waals surface area contributed by atoms with Crippen LogP contribution in [0.4, 0.5) is 16.3 Å². The highest BCUT2D eigenvalue weighted by Gasteiger charge is 2.35. The maximum Gasteiger partial charge on any atom is 0.409 e. The smallest absolute Gasteiger partial charge is 0.409 e. The summed E-state index contributed by atoms with van der Waals surface area (Å²) in [5.41, 5.74) is 2.08. The van der Waals surface area contributed by atoms with Gasteiger partial charge in [0.05, 0.1) is 12.5 Å². The van der Waals surface area contributed by atoms with Crippen LogP contribution in [0.25, 0.3) is 0 Å². The second-order valence-electron chi connectivity index (χ2n) is 8.78. The molecule has 1 fully saturated rings. The van der Waals surface area contributed by atoms with Crippen molar-refractivity contribution in [2.75, 3.05) is 55.7 Å². The minimum absolute atomic E-state index is 0.00243. The summed E-state index contributed by atoms with van der Waals surface area (Å²) >= 11 is 0. The maximum absolute atomic E-state index is 12.7. The van der Waals surface area contributed by atoms with Gasteiger partial charge in [0.2, 0.25) is 0 Å². The van der Waals surface area contributed by atoms with E-state index in [0.29, 0.717) is 38.3 Å². The van der Waals surface area contributed by atoms with Crippen molar-refractivity contribution in [1.29, 1.82) is 0 Å². The second-order valence-corrected chi connectivity index (χ2v) is 8.78. The molecule has 1 aromatic heterocycles. The molecule has 8 heteroatoms. The first-order valence-electron chi connectivity index (χ1n) is 12.2. The van der Waals surface area contributed by atoms with Crippen LogP contribution in [-0.4, -0.2) is 67.8 Å². The van der Waals surface area contributed by atoms with E-state index < -0.39 is 0 Å². The molecule has 34 heavy (non-hydrogen) atoms. The Hall–Kier alpha value is -3.29. The van der Waals surface area contributed by atoms with Crippen molar-refractivity contribution in [3.05, 3.63) is 48.2 Å². The number of piperazine rings is 1. The first-order chi connectivity index (χ1) is 16.5. The van der Waals surface area contributed by atoms with Crippen LogP contribution < -0.4 is 14.5 Å². The summed E-state index contributed by atoms with van der Waals surface area (Å²) < 4.78 is 11.2. The van der Waals surface area contributed by atoms with Gasteiger partial charge in [0.15, 0.2) is 0 Å². The van der Waals surface area contributed by atoms with Gasteiger partial charge in [-0.3, -0.25) is 4.79 Å². The number of hydrogen-bond acceptors (Lipinski definition) is 7. The van der Waals surface area contributed by atoms with Gasteiger partial charge >= 0.3 is 12.1 Å². The predicted octanol–water partition coefficient (Wildman–Crippen LogP) is 3.92. The van der Waals surface area contributed by atoms with Gasteiger partial charge in [0.1, 0.15) is 11.6 Å². The topological polar surface area (TPSA) is 75.2 Å². The molecule has 2 aromatic rings. The van der Waals surface area contributed by atoms with E-state index in [1.54, 1.807) is 11.1 Å². The summed E-state index contributed by atoms with van der Waals surface area (Å²) in [6.45, 7) is 10.8. The number of ether oxygens (including phenoxy) is 2. The van der Waals surface area contributed by atoms with Crippen molar-refractivity contribution >= 4 is 23.6 Å². The first-order valence-corrected chi connectivity index (χ1v) is 12.2. The molecule has 2 atom stereocenters. The summed E-state index contributed by atoms with van der Waals surface area (Å²) in [6.07, 6.45) is 1.88. The second kappa shape index (κ2) is 10.8. The third-order valence-corrected chi connectivity index (χ3v) is 6.90. The summed E-state index contributed by atoms with van der Waals surface area (Å²) in [5.74, 6) is 0.977. The number of aromatic nitrogens is 1. The number of amides is 1. The Balaban J connectivity index is 1.28. The van der Waals surface area contributed by atoms with E-state index in [0.717, 1.165) is 30.2 Å². The lowest BCUT2D eigenvalue weighted by Crippen LogP contribution is -2.49. The highest BCUT2D eigenvalue weighted by molar-refractivity contribution is 5.80. The van der Waals surface area contributed by atoms with Crippen molar-refractivity contribution in [3.8, 4) is 5.75 Å². The Morgan fingerprint density at radius 3 is 2.59 bits per heavy atom. The Morgan fingerprint density at radius 1 is 1.15 bits per heavy atom. The van der Waals surface area contributed by atoms with Crippen molar-refractivity contribution in [3.63, 3.8) is 0 Å². The average Bonchev–Trinajstić information content (AvgIpc) is 2.87. The quantitative estimate of drug-likeness (QED) is 0.452. The summed E-state index contributed by atoms with van der Waals surface area (Å²) in [7, 11) is 0. The minimum atomic E-state index is -0.333. The lowest BCUT2D eigenvalue weighted by atomic mass is 9.83. The number of carbonyl (C=O) groups excluding carboxylic acids is 2. The number of benzene rings is 1. The fourth-order valence-electron chi connectivity index (χ4n) is 4.77. The van der Waals surface area contributed by atoms with Crippen molar-refractivity contribution in [1.82, 2.24) is 9.88 Å². The molecule has 2 unspecified atom stereocenters. The van der Waals surface area contributed by atoms with Crippen molar-refractivity contribution in [2.45, 2.75) is 33.1 Å². The molecule has 2 aliphatic heterocycles. The monoisotopic (exact) mass is 466 g/mol. The first kappa shape index (κ1) is 23.9. The number of nitrogens with zero attached hydrogens (tertiary/aromatic N) is 4. The third kappa shape index (κ3) is 5.11. The van der Waals surface area contributed by atoms with E-state index >= 15 is 0 Å². The number of esters is 1. The van der Waals surface area contributed by atoms with E-state index in [1.807, 2.05) is 31.2 Å². The molecule has 0 spiro atoms. The van der Waals surface area contributed by atoms with Gasteiger partial charge in [0, 0.05) is 57.2 Å². The number of pyridine rings is 1. The Labute approximate surface area is 201 Å². The van der Waals surface area contributed by atoms with Crippen LogP contribution >= 0.6 is 0 Å². The number of fused-ring (bicyclic) bond motifs is 1. The number of carbonyl (C=O) groups is 2. The summed E-state index contributed by atoms with van der Waals surface area (Å²) in [4.78, 5) is 35.8. The molecule has 4 rings (SSSR count). The van der Waals surface area contributed by atoms with Crippen molar-refractivity contribution in [2.24, 2.45) is 5.92 Å². The molecule has 1 aromatic carbocycles. The largest absolute Gasteiger partial charge is 0.449 e. The molecule has 0 saturated carbocycles. The zero-order valence-corrected chi connectivity index (χ0v) is 20.3. The van der Waals surface area contributed by atoms with Gasteiger partial charge in [-0.05, 0) is 49.9 Å². The Kier molecular flexibility index (Phi) is 7.55. The van der Waals surface area contributed by atoms with Gasteiger partial charge in [-0.25, -0.2) is 9.78 Å². The van der Waals surface area contributed by atoms with Crippen LogP contribution in [0.15, 0.2) is 42.6 Å². The molecule has 0 aliphatic carbocycles. The maximum atomic E-state index is 12.7. The number of rotatable bonds is 7. The van der Waals surface area contributed by atoms with E-state index in [2.05, 4.69) is 40.8 Å². The zero-order chi connectivity index (χ0) is 24.1. The number of hydrogen-bond donors (Lipinski definition) is 0. The van der Waals surface area contributed by atoms with Gasteiger partial charge in [-0.15, -0.1) is 0 Å². The highest BCUT2D eigenvalue weighted by atomic mass is 16.6. The van der Waals surface area contributed by atoms with E-state index in [4.69, 9.17) is 9.47 Å². The van der Waals surface area contributed by atoms with E-state index in [1.165, 1.54) is 0 Å². The third-order valence-electron chi connectivity index (χ3n) is 6.90. The van der Waals surface area contributed by atoms with Gasteiger partial charge in [0.25, 0.3) is 0 Å². The lowest BCUT2D eigenvalue weighted by molar-refractivity contribution is -0.141. The van der Waals surface area contributed by atoms with Crippen LogP contribution in [-0.2, 0) is 9.53 Å². The number of anilines is 2. The molecular formula is C26H34N4O4. The summed E-state index contributed by atoms with van der Waals surface area (Å²) in [5, 5.41) is 0. The van der Waals surface area contributed by atoms with Crippen LogP contribution in [0, 0.1) is 5.92 Å². The normalized spacial score (nSPS) is 19.9. The Bertz CT molecular complexity index is 988. The SMILES string of the molecule is CCN(CC)c1ccc2c(c1)OC(=O)C(CCOC(=O)N1CCN(c3ccccn3)CC1)C2C. The van der Waals surface area contributed by atoms with Crippen molar-refractivity contribution < 1.29 is 19.1 Å². The molecular weight excluding hydrogens is 432 g/mol. The fraction of sp³-hybridized carbons (Fsp3) is 0.500. The predicted molar refractivity (Wildman–Crippen MR) is 132 cm³/mol. The molecule has 0 bridgehead atoms. The minimum Gasteiger partial charge on any atom is -0.449 e. The fourth-order valence-corrected chi connectivity index (χ4v) is 4.77. The Morgan fingerprint density at radius 2 is 1.91 bits per heavy atom. The molecule has 8 nitrogen and oxygen atoms in total. The molecule has 0 radical (unpaired) electrons. The average molecular weight is 467 g/mol. The molecule has 1 amide bonds. The zero-order valence-electron chi connectivity index (χ0n) is 20.3. The van der Waals surface area contributed by atoms with E-state index in [-0.39, 0.29) is 30.5 Å². The molecule has 0 N–H and O–H groups in total. The van der Waals surface area contributed by atoms with E-state index in [9.17, 15) is 9.59 Å². The van der Waals surface area contributed by atoms with Gasteiger partial charge in [-0.1, -0.05) is 19.1 Å². The van der Waals surface area contributed by atoms with Gasteiger partial charge < -0.3 is 24.2 Å². The van der Waals surface area contributed by atoms with Gasteiger partial charge in [-0.2, -0.15) is 0 Å². The molecule has 182 valence electrons. The molecule has 2 aliphatic rings. The highest BCUT2D eigenvalue weighted by Crippen LogP contribution is 2.40. The summed E-state index contributed by atoms with van der Waals surface area (Å²) in [6, 6.07) is 11.9. The van der Waals surface area contributed by atoms with Crippen LogP contribution in [0.2, 0.25) is 0 Å². The lowest BCUT2D eigenvalue weighted by Gasteiger charge is -2.35. The van der Waals surface area contributed by atoms with Crippen LogP contribution in [0.1, 0.15) is 38.7 Å².